The Bertz CT molecular complexity index is 990. The van der Waals surface area contributed by atoms with E-state index in [1.165, 1.54) is 12.1 Å². The minimum absolute atomic E-state index is 0.0617. The maximum absolute atomic E-state index is 13.7. The van der Waals surface area contributed by atoms with Crippen molar-refractivity contribution in [1.29, 1.82) is 0 Å². The summed E-state index contributed by atoms with van der Waals surface area (Å²) in [4.78, 5) is 16.6. The summed E-state index contributed by atoms with van der Waals surface area (Å²) in [6, 6.07) is 8.77. The van der Waals surface area contributed by atoms with Crippen molar-refractivity contribution in [3.63, 3.8) is 0 Å². The summed E-state index contributed by atoms with van der Waals surface area (Å²) in [5, 5.41) is 3.02. The first-order valence-corrected chi connectivity index (χ1v) is 9.25. The van der Waals surface area contributed by atoms with Crippen molar-refractivity contribution in [2.24, 2.45) is 7.05 Å². The van der Waals surface area contributed by atoms with Crippen LogP contribution in [0.3, 0.4) is 0 Å². The van der Waals surface area contributed by atoms with E-state index in [1.807, 2.05) is 17.8 Å². The molecule has 1 aromatic heterocycles. The van der Waals surface area contributed by atoms with Gasteiger partial charge in [0.2, 0.25) is 0 Å². The van der Waals surface area contributed by atoms with Gasteiger partial charge >= 0.3 is 0 Å². The molecule has 3 aromatic rings. The number of nitrogens with zero attached hydrogens (tertiary/aromatic N) is 2. The lowest BCUT2D eigenvalue weighted by molar-refractivity contribution is 0.0940. The summed E-state index contributed by atoms with van der Waals surface area (Å²) in [6.07, 6.45) is 3.54. The fourth-order valence-corrected chi connectivity index (χ4v) is 3.16. The van der Waals surface area contributed by atoms with Crippen LogP contribution in [0.5, 0.6) is 5.75 Å². The van der Waals surface area contributed by atoms with Gasteiger partial charge in [0.05, 0.1) is 11.1 Å². The zero-order valence-electron chi connectivity index (χ0n) is 15.2. The average molecular weight is 422 g/mol. The summed E-state index contributed by atoms with van der Waals surface area (Å²) in [7, 11) is 1.89. The molecule has 0 aliphatic heterocycles. The molecule has 1 heterocycles. The zero-order valence-corrected chi connectivity index (χ0v) is 16.8. The van der Waals surface area contributed by atoms with Gasteiger partial charge in [0.15, 0.2) is 0 Å². The van der Waals surface area contributed by atoms with E-state index in [1.54, 1.807) is 37.4 Å². The number of imidazole rings is 1. The van der Waals surface area contributed by atoms with Crippen molar-refractivity contribution in [1.82, 2.24) is 14.9 Å². The molecule has 28 heavy (non-hydrogen) atoms. The number of rotatable bonds is 6. The molecule has 0 aliphatic rings. The van der Waals surface area contributed by atoms with Gasteiger partial charge in [-0.3, -0.25) is 4.79 Å². The van der Waals surface area contributed by atoms with E-state index in [4.69, 9.17) is 27.9 Å². The lowest BCUT2D eigenvalue weighted by atomic mass is 10.1. The van der Waals surface area contributed by atoms with Gasteiger partial charge in [0.1, 0.15) is 24.0 Å². The lowest BCUT2D eigenvalue weighted by Crippen LogP contribution is -2.26. The third kappa shape index (κ3) is 4.64. The molecule has 0 bridgehead atoms. The van der Waals surface area contributed by atoms with E-state index in [2.05, 4.69) is 10.3 Å². The molecule has 2 aromatic carbocycles. The maximum Gasteiger partial charge on any atom is 0.251 e. The highest BCUT2D eigenvalue weighted by Gasteiger charge is 2.16. The topological polar surface area (TPSA) is 56.1 Å². The zero-order chi connectivity index (χ0) is 20.3. The Morgan fingerprint density at radius 1 is 1.25 bits per heavy atom. The summed E-state index contributed by atoms with van der Waals surface area (Å²) >= 11 is 11.8. The van der Waals surface area contributed by atoms with Gasteiger partial charge < -0.3 is 14.6 Å². The summed E-state index contributed by atoms with van der Waals surface area (Å²) < 4.78 is 21.2. The van der Waals surface area contributed by atoms with Crippen molar-refractivity contribution in [3.8, 4) is 5.75 Å². The van der Waals surface area contributed by atoms with Crippen molar-refractivity contribution < 1.29 is 13.9 Å². The van der Waals surface area contributed by atoms with Crippen LogP contribution in [0.1, 0.15) is 34.7 Å². The number of aromatic nitrogens is 2. The van der Waals surface area contributed by atoms with Crippen LogP contribution < -0.4 is 10.1 Å². The van der Waals surface area contributed by atoms with Crippen molar-refractivity contribution >= 4 is 29.1 Å². The smallest absolute Gasteiger partial charge is 0.251 e. The predicted molar refractivity (Wildman–Crippen MR) is 106 cm³/mol. The number of hydrogen-bond donors (Lipinski definition) is 1. The lowest BCUT2D eigenvalue weighted by Gasteiger charge is -2.16. The molecular formula is C20H18Cl2FN3O2. The third-order valence-corrected chi connectivity index (χ3v) is 4.88. The summed E-state index contributed by atoms with van der Waals surface area (Å²) in [5.74, 6) is 0.518. The largest absolute Gasteiger partial charge is 0.486 e. The number of carbonyl (C=O) groups excluding carboxylic acids is 1. The molecule has 5 nitrogen and oxygen atoms in total. The molecular weight excluding hydrogens is 404 g/mol. The van der Waals surface area contributed by atoms with Gasteiger partial charge in [-0.25, -0.2) is 9.37 Å². The molecule has 0 aliphatic carbocycles. The van der Waals surface area contributed by atoms with Gasteiger partial charge in [-0.2, -0.15) is 0 Å². The van der Waals surface area contributed by atoms with Crippen molar-refractivity contribution in [2.45, 2.75) is 19.6 Å². The minimum atomic E-state index is -0.587. The standard InChI is InChI=1S/C20H18Cl2FN3O2/c1-12(15-9-18(23)17(22)10-16(15)21)25-20(27)13-3-5-14(6-4-13)28-11-19-24-7-8-26(19)2/h3-10,12H,11H2,1-2H3,(H,25,27). The molecule has 8 heteroatoms. The molecule has 1 unspecified atom stereocenters. The number of hydrogen-bond acceptors (Lipinski definition) is 3. The highest BCUT2D eigenvalue weighted by atomic mass is 35.5. The summed E-state index contributed by atoms with van der Waals surface area (Å²) in [5.41, 5.74) is 0.897. The first-order chi connectivity index (χ1) is 13.3. The molecule has 1 amide bonds. The van der Waals surface area contributed by atoms with Crippen LogP contribution in [-0.4, -0.2) is 15.5 Å². The Labute approximate surface area is 172 Å². The van der Waals surface area contributed by atoms with Gasteiger partial charge in [-0.05, 0) is 48.9 Å². The summed E-state index contributed by atoms with van der Waals surface area (Å²) in [6.45, 7) is 2.05. The fourth-order valence-electron chi connectivity index (χ4n) is 2.61. The number of halogens is 3. The Hall–Kier alpha value is -2.57. The number of aryl methyl sites for hydroxylation is 1. The quantitative estimate of drug-likeness (QED) is 0.573. The number of benzene rings is 2. The fraction of sp³-hybridized carbons (Fsp3) is 0.200. The van der Waals surface area contributed by atoms with E-state index in [9.17, 15) is 9.18 Å². The van der Waals surface area contributed by atoms with Gasteiger partial charge in [0, 0.05) is 30.0 Å². The van der Waals surface area contributed by atoms with E-state index >= 15 is 0 Å². The highest BCUT2D eigenvalue weighted by molar-refractivity contribution is 6.35. The number of carbonyl (C=O) groups is 1. The molecule has 0 fully saturated rings. The SMILES string of the molecule is CC(NC(=O)c1ccc(OCc2nccn2C)cc1)c1cc(F)c(Cl)cc1Cl. The van der Waals surface area contributed by atoms with E-state index < -0.39 is 11.9 Å². The molecule has 3 rings (SSSR count). The maximum atomic E-state index is 13.7. The second-order valence-corrected chi connectivity index (χ2v) is 7.06. The van der Waals surface area contributed by atoms with Gasteiger partial charge in [-0.1, -0.05) is 23.2 Å². The van der Waals surface area contributed by atoms with Crippen LogP contribution in [0.15, 0.2) is 48.8 Å². The molecule has 0 saturated carbocycles. The Morgan fingerprint density at radius 2 is 1.96 bits per heavy atom. The van der Waals surface area contributed by atoms with Crippen molar-refractivity contribution in [3.05, 3.63) is 81.6 Å². The molecule has 0 saturated heterocycles. The van der Waals surface area contributed by atoms with E-state index in [0.717, 1.165) is 5.82 Å². The van der Waals surface area contributed by atoms with Crippen LogP contribution >= 0.6 is 23.2 Å². The Kier molecular flexibility index (Phi) is 6.21. The van der Waals surface area contributed by atoms with Gasteiger partial charge in [0.25, 0.3) is 5.91 Å². The molecule has 1 atom stereocenters. The van der Waals surface area contributed by atoms with Crippen LogP contribution in [0.4, 0.5) is 4.39 Å². The first kappa shape index (κ1) is 20.2. The van der Waals surface area contributed by atoms with Crippen molar-refractivity contribution in [2.75, 3.05) is 0 Å². The normalized spacial score (nSPS) is 11.9. The minimum Gasteiger partial charge on any atom is -0.486 e. The monoisotopic (exact) mass is 421 g/mol. The van der Waals surface area contributed by atoms with Crippen LogP contribution in [0.25, 0.3) is 0 Å². The van der Waals surface area contributed by atoms with Crippen LogP contribution in [-0.2, 0) is 13.7 Å². The second kappa shape index (κ2) is 8.63. The average Bonchev–Trinajstić information content (AvgIpc) is 3.08. The molecule has 0 spiro atoms. The molecule has 146 valence electrons. The third-order valence-electron chi connectivity index (χ3n) is 4.26. The first-order valence-electron chi connectivity index (χ1n) is 8.49. The number of amides is 1. The van der Waals surface area contributed by atoms with Crippen LogP contribution in [0.2, 0.25) is 10.0 Å². The Balaban J connectivity index is 1.63. The van der Waals surface area contributed by atoms with E-state index in [0.29, 0.717) is 23.5 Å². The molecule has 0 radical (unpaired) electrons. The second-order valence-electron chi connectivity index (χ2n) is 6.25. The number of ether oxygens (including phenoxy) is 1. The molecule has 1 N–H and O–H groups in total. The van der Waals surface area contributed by atoms with Crippen LogP contribution in [0, 0.1) is 5.82 Å². The number of nitrogens with one attached hydrogen (secondary N) is 1. The van der Waals surface area contributed by atoms with Gasteiger partial charge in [-0.15, -0.1) is 0 Å². The van der Waals surface area contributed by atoms with E-state index in [-0.39, 0.29) is 16.0 Å². The Morgan fingerprint density at radius 3 is 2.61 bits per heavy atom. The highest BCUT2D eigenvalue weighted by Crippen LogP contribution is 2.28. The predicted octanol–water partition coefficient (Wildman–Crippen LogP) is 4.94.